The second-order valence-corrected chi connectivity index (χ2v) is 16.4. The van der Waals surface area contributed by atoms with Crippen LogP contribution in [0, 0.1) is 0 Å². The first-order chi connectivity index (χ1) is 34.7. The normalized spacial score (nSPS) is 20.7. The molecule has 4 aromatic rings. The highest BCUT2D eigenvalue weighted by Crippen LogP contribution is 2.32. The fourth-order valence-corrected chi connectivity index (χ4v) is 7.86. The van der Waals surface area contributed by atoms with Gasteiger partial charge in [-0.15, -0.1) is 0 Å². The van der Waals surface area contributed by atoms with E-state index in [9.17, 15) is 0 Å². The van der Waals surface area contributed by atoms with Gasteiger partial charge in [-0.3, -0.25) is 0 Å². The van der Waals surface area contributed by atoms with Gasteiger partial charge >= 0.3 is 0 Å². The number of ether oxygens (including phenoxy) is 8. The van der Waals surface area contributed by atoms with E-state index in [1.165, 1.54) is 0 Å². The summed E-state index contributed by atoms with van der Waals surface area (Å²) in [4.78, 5) is 38.3. The van der Waals surface area contributed by atoms with Gasteiger partial charge in [-0.1, -0.05) is 72.8 Å². The van der Waals surface area contributed by atoms with E-state index in [0.717, 1.165) is 11.4 Å². The van der Waals surface area contributed by atoms with Crippen LogP contribution in [0.3, 0.4) is 0 Å². The molecule has 0 aromatic heterocycles. The van der Waals surface area contributed by atoms with Crippen molar-refractivity contribution < 1.29 is 37.9 Å². The summed E-state index contributed by atoms with van der Waals surface area (Å²) in [7, 11) is 0. The highest BCUT2D eigenvalue weighted by molar-refractivity contribution is 6.15. The van der Waals surface area contributed by atoms with Gasteiger partial charge in [-0.25, -0.2) is 0 Å². The number of hydrogen-bond donors (Lipinski definition) is 0. The molecule has 0 saturated carbocycles. The third-order valence-electron chi connectivity index (χ3n) is 11.5. The van der Waals surface area contributed by atoms with E-state index >= 15 is 0 Å². The van der Waals surface area contributed by atoms with E-state index in [2.05, 4.69) is 0 Å². The van der Waals surface area contributed by atoms with Crippen molar-refractivity contribution in [2.75, 3.05) is 105 Å². The zero-order valence-corrected chi connectivity index (χ0v) is 38.8. The number of benzene rings is 4. The molecule has 0 bridgehead atoms. The van der Waals surface area contributed by atoms with Crippen LogP contribution in [0.4, 0.5) is 22.7 Å². The van der Waals surface area contributed by atoms with Crippen LogP contribution in [0.2, 0.25) is 0 Å². The highest BCUT2D eigenvalue weighted by atomic mass is 16.6. The van der Waals surface area contributed by atoms with E-state index in [1.807, 2.05) is 141 Å². The third kappa shape index (κ3) is 12.1. The SMILES string of the molecule is C1=C(OC(=Nc2ccccc2)N2CCOCC2)N=C(OC(=Nc2ccccc2)N2CCOCC2)C1=C1C=C(OC(=Nc2ccccc2)N2CCOCC2)N=C1OC(=Nc1ccccc1)N1CCOCC1. The molecule has 6 heterocycles. The molecule has 4 saturated heterocycles. The maximum atomic E-state index is 6.93. The maximum absolute atomic E-state index is 6.93. The van der Waals surface area contributed by atoms with Crippen LogP contribution in [0.15, 0.2) is 186 Å². The van der Waals surface area contributed by atoms with E-state index < -0.39 is 0 Å². The number of aliphatic imine (C=N–C) groups is 6. The minimum Gasteiger partial charge on any atom is -0.407 e. The van der Waals surface area contributed by atoms with E-state index in [-0.39, 0.29) is 23.6 Å². The summed E-state index contributed by atoms with van der Waals surface area (Å²) in [6.45, 7) is 8.52. The number of morpholine rings is 4. The van der Waals surface area contributed by atoms with Crippen molar-refractivity contribution in [3.8, 4) is 0 Å². The molecule has 18 heteroatoms. The first-order valence-corrected chi connectivity index (χ1v) is 23.6. The van der Waals surface area contributed by atoms with Crippen molar-refractivity contribution in [3.63, 3.8) is 0 Å². The zero-order valence-electron chi connectivity index (χ0n) is 38.8. The molecule has 4 aromatic carbocycles. The van der Waals surface area contributed by atoms with Crippen LogP contribution in [0.1, 0.15) is 0 Å². The Morgan fingerprint density at radius 2 is 0.586 bits per heavy atom. The minimum absolute atomic E-state index is 0.181. The topological polar surface area (TPSA) is 161 Å². The van der Waals surface area contributed by atoms with Gasteiger partial charge in [0.05, 0.1) is 86.8 Å². The van der Waals surface area contributed by atoms with Gasteiger partial charge in [-0.05, 0) is 48.5 Å². The van der Waals surface area contributed by atoms with Crippen molar-refractivity contribution in [3.05, 3.63) is 156 Å². The molecule has 18 nitrogen and oxygen atoms in total. The lowest BCUT2D eigenvalue weighted by molar-refractivity contribution is 0.0585. The fraction of sp³-hybridized carbons (Fsp3) is 0.308. The Balaban J connectivity index is 1.11. The second-order valence-electron chi connectivity index (χ2n) is 16.4. The molecule has 0 radical (unpaired) electrons. The van der Waals surface area contributed by atoms with Gasteiger partial charge in [0.25, 0.3) is 24.1 Å². The van der Waals surface area contributed by atoms with E-state index in [1.54, 1.807) is 12.2 Å². The average Bonchev–Trinajstić information content (AvgIpc) is 4.02. The van der Waals surface area contributed by atoms with Gasteiger partial charge in [-0.2, -0.15) is 30.0 Å². The van der Waals surface area contributed by atoms with E-state index in [4.69, 9.17) is 67.8 Å². The largest absolute Gasteiger partial charge is 0.407 e. The lowest BCUT2D eigenvalue weighted by Gasteiger charge is -2.29. The Hall–Kier alpha value is -7.64. The Kier molecular flexibility index (Phi) is 15.2. The molecule has 0 amide bonds. The smallest absolute Gasteiger partial charge is 0.299 e. The van der Waals surface area contributed by atoms with Crippen LogP contribution in [-0.2, 0) is 37.9 Å². The summed E-state index contributed by atoms with van der Waals surface area (Å²) >= 11 is 0. The molecule has 6 aliphatic rings. The summed E-state index contributed by atoms with van der Waals surface area (Å²) in [5.41, 5.74) is 3.81. The molecule has 6 aliphatic heterocycles. The van der Waals surface area contributed by atoms with Crippen molar-refractivity contribution in [2.45, 2.75) is 0 Å². The predicted molar refractivity (Wildman–Crippen MR) is 266 cm³/mol. The number of nitrogens with zero attached hydrogens (tertiary/aromatic N) is 10. The van der Waals surface area contributed by atoms with Crippen LogP contribution < -0.4 is 0 Å². The Labute approximate surface area is 406 Å². The summed E-state index contributed by atoms with van der Waals surface area (Å²) in [5.74, 6) is 0.793. The first kappa shape index (κ1) is 46.1. The average molecular weight is 947 g/mol. The molecule has 70 heavy (non-hydrogen) atoms. The summed E-state index contributed by atoms with van der Waals surface area (Å²) in [5, 5.41) is 0. The van der Waals surface area contributed by atoms with Crippen molar-refractivity contribution >= 4 is 58.6 Å². The fourth-order valence-electron chi connectivity index (χ4n) is 7.86. The molecule has 360 valence electrons. The van der Waals surface area contributed by atoms with Gasteiger partial charge in [0.15, 0.2) is 0 Å². The van der Waals surface area contributed by atoms with Crippen molar-refractivity contribution in [2.24, 2.45) is 30.0 Å². The van der Waals surface area contributed by atoms with Crippen molar-refractivity contribution in [1.82, 2.24) is 19.6 Å². The highest BCUT2D eigenvalue weighted by Gasteiger charge is 2.34. The molecule has 0 N–H and O–H groups in total. The molecule has 4 fully saturated rings. The first-order valence-electron chi connectivity index (χ1n) is 23.6. The minimum atomic E-state index is 0.181. The number of amidine groups is 4. The van der Waals surface area contributed by atoms with Gasteiger partial charge in [0, 0.05) is 64.5 Å². The Morgan fingerprint density at radius 1 is 0.343 bits per heavy atom. The maximum Gasteiger partial charge on any atom is 0.299 e. The predicted octanol–water partition coefficient (Wildman–Crippen LogP) is 6.94. The molecule has 0 unspecified atom stereocenters. The standard InChI is InChI=1S/C52H54N10O8/c1-5-13-39(14-6-1)53-49(59-21-29-63-30-22-59)67-45-37-43(47(57-45)69-51(61-25-33-65-34-26-61)55-41-17-9-3-10-18-41)44-38-46(68-50(60-23-31-64-32-24-60)54-40-15-7-2-8-16-40)58-48(44)70-52(62-27-35-66-36-28-62)56-42-19-11-4-12-20-42/h1-20,37-38H,21-36H2. The Morgan fingerprint density at radius 3 is 0.843 bits per heavy atom. The molecule has 0 aliphatic carbocycles. The summed E-state index contributed by atoms with van der Waals surface area (Å²) in [6.07, 6.45) is 3.60. The van der Waals surface area contributed by atoms with Gasteiger partial charge < -0.3 is 57.5 Å². The molecule has 0 spiro atoms. The van der Waals surface area contributed by atoms with Gasteiger partial charge in [0.2, 0.25) is 23.6 Å². The van der Waals surface area contributed by atoms with Crippen LogP contribution >= 0.6 is 0 Å². The lowest BCUT2D eigenvalue weighted by atomic mass is 10.1. The summed E-state index contributed by atoms with van der Waals surface area (Å²) in [6, 6.07) is 40.0. The van der Waals surface area contributed by atoms with Gasteiger partial charge in [0.1, 0.15) is 0 Å². The van der Waals surface area contributed by atoms with Crippen LogP contribution in [0.25, 0.3) is 0 Å². The summed E-state index contributed by atoms with van der Waals surface area (Å²) < 4.78 is 50.3. The molecule has 0 atom stereocenters. The lowest BCUT2D eigenvalue weighted by Crippen LogP contribution is -2.43. The number of para-hydroxylation sites is 4. The van der Waals surface area contributed by atoms with Crippen LogP contribution in [0.5, 0.6) is 0 Å². The Bertz CT molecular complexity index is 2500. The van der Waals surface area contributed by atoms with E-state index in [0.29, 0.717) is 152 Å². The molecular formula is C52H54N10O8. The molecule has 10 rings (SSSR count). The quantitative estimate of drug-likeness (QED) is 0.145. The van der Waals surface area contributed by atoms with Crippen LogP contribution in [-0.4, -0.2) is 161 Å². The zero-order chi connectivity index (χ0) is 47.2. The third-order valence-corrected chi connectivity index (χ3v) is 11.5. The number of hydrogen-bond acceptors (Lipinski definition) is 14. The van der Waals surface area contributed by atoms with Crippen molar-refractivity contribution in [1.29, 1.82) is 0 Å². The number of rotatable bonds is 6. The second kappa shape index (κ2) is 23.1. The monoisotopic (exact) mass is 946 g/mol. The molecular weight excluding hydrogens is 893 g/mol.